The number of carbonyl (C=O) groups excluding carboxylic acids is 1. The van der Waals surface area contributed by atoms with E-state index in [2.05, 4.69) is 5.48 Å². The Labute approximate surface area is 116 Å². The Bertz CT molecular complexity index is 440. The van der Waals surface area contributed by atoms with Gasteiger partial charge in [0, 0.05) is 11.4 Å². The molecule has 1 aromatic rings. The highest BCUT2D eigenvalue weighted by Crippen LogP contribution is 2.34. The first-order chi connectivity index (χ1) is 9.12. The zero-order chi connectivity index (χ0) is 14.3. The van der Waals surface area contributed by atoms with Gasteiger partial charge < -0.3 is 15.2 Å². The molecule has 0 spiro atoms. The lowest BCUT2D eigenvalue weighted by Crippen LogP contribution is -2.24. The van der Waals surface area contributed by atoms with Crippen LogP contribution in [-0.2, 0) is 16.2 Å². The topological polar surface area (TPSA) is 82.8 Å². The maximum absolute atomic E-state index is 10.5. The van der Waals surface area contributed by atoms with Gasteiger partial charge in [-0.25, -0.2) is 0 Å². The van der Waals surface area contributed by atoms with E-state index in [0.29, 0.717) is 18.0 Å². The first kappa shape index (κ1) is 15.6. The summed E-state index contributed by atoms with van der Waals surface area (Å²) in [4.78, 5) is 16.5. The molecule has 7 heteroatoms. The minimum atomic E-state index is -0.523. The van der Waals surface area contributed by atoms with E-state index in [1.165, 1.54) is 0 Å². The molecule has 1 amide bonds. The average molecular weight is 286 g/mol. The molecule has 0 bridgehead atoms. The number of primary amides is 1. The molecule has 0 aliphatic rings. The smallest absolute Gasteiger partial charge is 0.245 e. The number of nitrogens with two attached hydrogens (primary N) is 1. The molecule has 0 atom stereocenters. The van der Waals surface area contributed by atoms with E-state index in [-0.39, 0.29) is 6.61 Å². The van der Waals surface area contributed by atoms with Crippen LogP contribution in [0.5, 0.6) is 11.5 Å². The SMILES string of the molecule is COc1cc(CNOCC(N)=O)c(SC)cc1OC. The van der Waals surface area contributed by atoms with Gasteiger partial charge in [0.1, 0.15) is 6.61 Å². The Kier molecular flexibility index (Phi) is 6.48. The number of rotatable bonds is 8. The monoisotopic (exact) mass is 286 g/mol. The fourth-order valence-electron chi connectivity index (χ4n) is 1.48. The number of ether oxygens (including phenoxy) is 2. The molecule has 0 aromatic heterocycles. The van der Waals surface area contributed by atoms with Gasteiger partial charge in [0.05, 0.1) is 14.2 Å². The van der Waals surface area contributed by atoms with Crippen molar-refractivity contribution >= 4 is 17.7 Å². The van der Waals surface area contributed by atoms with Crippen LogP contribution in [0, 0.1) is 0 Å². The summed E-state index contributed by atoms with van der Waals surface area (Å²) in [6.07, 6.45) is 1.97. The number of amides is 1. The maximum atomic E-state index is 10.5. The minimum Gasteiger partial charge on any atom is -0.493 e. The highest BCUT2D eigenvalue weighted by Gasteiger charge is 2.10. The summed E-state index contributed by atoms with van der Waals surface area (Å²) in [6, 6.07) is 3.76. The van der Waals surface area contributed by atoms with Gasteiger partial charge in [-0.2, -0.15) is 5.48 Å². The van der Waals surface area contributed by atoms with Gasteiger partial charge in [-0.15, -0.1) is 11.8 Å². The van der Waals surface area contributed by atoms with E-state index < -0.39 is 5.91 Å². The second-order valence-electron chi connectivity index (χ2n) is 3.60. The molecule has 0 aliphatic carbocycles. The molecule has 0 saturated heterocycles. The number of nitrogens with one attached hydrogen (secondary N) is 1. The molecular weight excluding hydrogens is 268 g/mol. The summed E-state index contributed by atoms with van der Waals surface area (Å²) in [6.45, 7) is 0.270. The van der Waals surface area contributed by atoms with Gasteiger partial charge >= 0.3 is 0 Å². The van der Waals surface area contributed by atoms with E-state index >= 15 is 0 Å². The van der Waals surface area contributed by atoms with Gasteiger partial charge in [0.25, 0.3) is 0 Å². The summed E-state index contributed by atoms with van der Waals surface area (Å²) in [5, 5.41) is 0. The number of benzene rings is 1. The Morgan fingerprint density at radius 1 is 1.32 bits per heavy atom. The zero-order valence-electron chi connectivity index (χ0n) is 11.2. The number of thioether (sulfide) groups is 1. The molecule has 0 heterocycles. The largest absolute Gasteiger partial charge is 0.493 e. The summed E-state index contributed by atoms with van der Waals surface area (Å²) in [5.74, 6) is 0.797. The van der Waals surface area contributed by atoms with Crippen molar-refractivity contribution in [3.8, 4) is 11.5 Å². The standard InChI is InChI=1S/C12H18N2O4S/c1-16-9-4-8(6-14-18-7-12(13)15)11(19-3)5-10(9)17-2/h4-5,14H,6-7H2,1-3H3,(H2,13,15). The highest BCUT2D eigenvalue weighted by atomic mass is 32.2. The molecule has 0 unspecified atom stereocenters. The van der Waals surface area contributed by atoms with E-state index in [1.54, 1.807) is 26.0 Å². The molecular formula is C12H18N2O4S. The molecule has 3 N–H and O–H groups in total. The Morgan fingerprint density at radius 3 is 2.47 bits per heavy atom. The molecule has 1 rings (SSSR count). The Balaban J connectivity index is 2.77. The number of carbonyl (C=O) groups is 1. The normalized spacial score (nSPS) is 10.3. The predicted octanol–water partition coefficient (Wildman–Crippen LogP) is 0.932. The van der Waals surface area contributed by atoms with Crippen LogP contribution in [0.25, 0.3) is 0 Å². The third kappa shape index (κ3) is 4.62. The second kappa shape index (κ2) is 7.88. The van der Waals surface area contributed by atoms with Crippen molar-refractivity contribution in [2.45, 2.75) is 11.4 Å². The lowest BCUT2D eigenvalue weighted by Gasteiger charge is -2.14. The van der Waals surface area contributed by atoms with E-state index in [0.717, 1.165) is 10.5 Å². The number of hydroxylamine groups is 1. The van der Waals surface area contributed by atoms with Crippen LogP contribution in [0.1, 0.15) is 5.56 Å². The summed E-state index contributed by atoms with van der Waals surface area (Å²) in [7, 11) is 3.17. The maximum Gasteiger partial charge on any atom is 0.245 e. The molecule has 1 aromatic carbocycles. The lowest BCUT2D eigenvalue weighted by molar-refractivity contribution is -0.125. The number of hydrogen-bond donors (Lipinski definition) is 2. The van der Waals surface area contributed by atoms with Crippen molar-refractivity contribution in [1.82, 2.24) is 5.48 Å². The van der Waals surface area contributed by atoms with Crippen LogP contribution < -0.4 is 20.7 Å². The molecule has 0 aliphatic heterocycles. The zero-order valence-corrected chi connectivity index (χ0v) is 12.0. The average Bonchev–Trinajstić information content (AvgIpc) is 2.42. The van der Waals surface area contributed by atoms with Crippen LogP contribution in [0.4, 0.5) is 0 Å². The van der Waals surface area contributed by atoms with Crippen molar-refractivity contribution in [1.29, 1.82) is 0 Å². The van der Waals surface area contributed by atoms with Crippen LogP contribution >= 0.6 is 11.8 Å². The fourth-order valence-corrected chi connectivity index (χ4v) is 2.10. The summed E-state index contributed by atoms with van der Waals surface area (Å²) in [5.41, 5.74) is 8.63. The first-order valence-electron chi connectivity index (χ1n) is 5.54. The van der Waals surface area contributed by atoms with Gasteiger partial charge in [0.15, 0.2) is 11.5 Å². The highest BCUT2D eigenvalue weighted by molar-refractivity contribution is 7.98. The number of methoxy groups -OCH3 is 2. The van der Waals surface area contributed by atoms with Crippen molar-refractivity contribution in [2.75, 3.05) is 27.1 Å². The third-order valence-electron chi connectivity index (χ3n) is 2.37. The van der Waals surface area contributed by atoms with Gasteiger partial charge in [-0.3, -0.25) is 9.63 Å². The van der Waals surface area contributed by atoms with E-state index in [9.17, 15) is 4.79 Å². The predicted molar refractivity (Wildman–Crippen MR) is 73.3 cm³/mol. The van der Waals surface area contributed by atoms with Crippen LogP contribution in [0.3, 0.4) is 0 Å². The van der Waals surface area contributed by atoms with Crippen molar-refractivity contribution in [3.63, 3.8) is 0 Å². The van der Waals surface area contributed by atoms with Crippen molar-refractivity contribution < 1.29 is 19.1 Å². The Morgan fingerprint density at radius 2 is 1.95 bits per heavy atom. The summed E-state index contributed by atoms with van der Waals surface area (Å²) < 4.78 is 10.5. The number of hydrogen-bond acceptors (Lipinski definition) is 6. The molecule has 0 saturated carbocycles. The van der Waals surface area contributed by atoms with E-state index in [4.69, 9.17) is 20.0 Å². The Hall–Kier alpha value is -1.44. The van der Waals surface area contributed by atoms with Crippen molar-refractivity contribution in [2.24, 2.45) is 5.73 Å². The fraction of sp³-hybridized carbons (Fsp3) is 0.417. The van der Waals surface area contributed by atoms with Crippen LogP contribution in [0.2, 0.25) is 0 Å². The molecule has 6 nitrogen and oxygen atoms in total. The lowest BCUT2D eigenvalue weighted by atomic mass is 10.2. The van der Waals surface area contributed by atoms with E-state index in [1.807, 2.05) is 18.4 Å². The minimum absolute atomic E-state index is 0.165. The quantitative estimate of drug-likeness (QED) is 0.420. The summed E-state index contributed by atoms with van der Waals surface area (Å²) >= 11 is 1.59. The van der Waals surface area contributed by atoms with Crippen LogP contribution in [-0.4, -0.2) is 33.0 Å². The third-order valence-corrected chi connectivity index (χ3v) is 3.19. The molecule has 0 fully saturated rings. The van der Waals surface area contributed by atoms with Gasteiger partial charge in [-0.05, 0) is 24.0 Å². The van der Waals surface area contributed by atoms with Gasteiger partial charge in [-0.1, -0.05) is 0 Å². The van der Waals surface area contributed by atoms with Gasteiger partial charge in [0.2, 0.25) is 5.91 Å². The molecule has 106 valence electrons. The molecule has 19 heavy (non-hydrogen) atoms. The van der Waals surface area contributed by atoms with Crippen molar-refractivity contribution in [3.05, 3.63) is 17.7 Å². The second-order valence-corrected chi connectivity index (χ2v) is 4.44. The molecule has 0 radical (unpaired) electrons. The van der Waals surface area contributed by atoms with Crippen LogP contribution in [0.15, 0.2) is 17.0 Å². The first-order valence-corrected chi connectivity index (χ1v) is 6.76.